The standard InChI is InChI=1S/C17H24O6S/c1-3-7-14-13(16(19)17(23-14)15(10-18)22-2)11-24(20,21)12-8-5-4-6-9-12/h3-6,8-9,13-19H,1,7,10-11H2,2H3/t13-,14-,15?,16+,17+/m0/s1. The largest absolute Gasteiger partial charge is 0.394 e. The van der Waals surface area contributed by atoms with Crippen LogP contribution < -0.4 is 0 Å². The molecular weight excluding hydrogens is 332 g/mol. The van der Waals surface area contributed by atoms with Crippen molar-refractivity contribution in [3.63, 3.8) is 0 Å². The summed E-state index contributed by atoms with van der Waals surface area (Å²) in [5, 5.41) is 19.9. The zero-order valence-corrected chi connectivity index (χ0v) is 14.4. The van der Waals surface area contributed by atoms with Crippen molar-refractivity contribution in [2.24, 2.45) is 5.92 Å². The molecule has 1 aliphatic heterocycles. The number of aliphatic hydroxyl groups is 2. The number of sulfone groups is 1. The van der Waals surface area contributed by atoms with Gasteiger partial charge in [-0.25, -0.2) is 8.42 Å². The molecule has 1 aromatic rings. The maximum Gasteiger partial charge on any atom is 0.178 e. The second-order valence-electron chi connectivity index (χ2n) is 5.87. The van der Waals surface area contributed by atoms with E-state index in [1.54, 1.807) is 24.3 Å². The molecule has 0 spiro atoms. The van der Waals surface area contributed by atoms with Crippen molar-refractivity contribution in [2.45, 2.75) is 35.7 Å². The summed E-state index contributed by atoms with van der Waals surface area (Å²) in [6, 6.07) is 8.12. The Balaban J connectivity index is 2.24. The van der Waals surface area contributed by atoms with E-state index in [2.05, 4.69) is 6.58 Å². The molecule has 2 N–H and O–H groups in total. The van der Waals surface area contributed by atoms with Crippen LogP contribution in [-0.4, -0.2) is 62.5 Å². The molecule has 7 heteroatoms. The molecule has 24 heavy (non-hydrogen) atoms. The fraction of sp³-hybridized carbons (Fsp3) is 0.529. The van der Waals surface area contributed by atoms with Crippen molar-refractivity contribution >= 4 is 9.84 Å². The van der Waals surface area contributed by atoms with Crippen LogP contribution in [0.4, 0.5) is 0 Å². The summed E-state index contributed by atoms with van der Waals surface area (Å²) in [4.78, 5) is 0.212. The van der Waals surface area contributed by atoms with Gasteiger partial charge in [-0.3, -0.25) is 0 Å². The summed E-state index contributed by atoms with van der Waals surface area (Å²) in [5.74, 6) is -0.864. The zero-order valence-electron chi connectivity index (χ0n) is 13.6. The van der Waals surface area contributed by atoms with Crippen molar-refractivity contribution in [3.8, 4) is 0 Å². The van der Waals surface area contributed by atoms with Gasteiger partial charge >= 0.3 is 0 Å². The first-order valence-electron chi connectivity index (χ1n) is 7.80. The van der Waals surface area contributed by atoms with E-state index in [9.17, 15) is 18.6 Å². The van der Waals surface area contributed by atoms with E-state index in [4.69, 9.17) is 9.47 Å². The van der Waals surface area contributed by atoms with Gasteiger partial charge in [0.1, 0.15) is 12.2 Å². The minimum absolute atomic E-state index is 0.212. The minimum atomic E-state index is -3.57. The van der Waals surface area contributed by atoms with Crippen molar-refractivity contribution in [1.29, 1.82) is 0 Å². The summed E-state index contributed by atoms with van der Waals surface area (Å²) in [6.07, 6.45) is -0.999. The summed E-state index contributed by atoms with van der Waals surface area (Å²) >= 11 is 0. The fourth-order valence-electron chi connectivity index (χ4n) is 3.04. The monoisotopic (exact) mass is 356 g/mol. The van der Waals surface area contributed by atoms with E-state index in [1.165, 1.54) is 19.2 Å². The van der Waals surface area contributed by atoms with Gasteiger partial charge in [-0.15, -0.1) is 6.58 Å². The van der Waals surface area contributed by atoms with Gasteiger partial charge in [-0.1, -0.05) is 24.3 Å². The molecule has 134 valence electrons. The molecule has 0 saturated carbocycles. The lowest BCUT2D eigenvalue weighted by molar-refractivity contribution is -0.0961. The molecule has 0 amide bonds. The molecular formula is C17H24O6S. The summed E-state index contributed by atoms with van der Waals surface area (Å²) in [7, 11) is -2.16. The number of rotatable bonds is 8. The predicted molar refractivity (Wildman–Crippen MR) is 89.3 cm³/mol. The van der Waals surface area contributed by atoms with Gasteiger partial charge in [0.2, 0.25) is 0 Å². The third kappa shape index (κ3) is 4.04. The van der Waals surface area contributed by atoms with E-state index in [0.717, 1.165) is 0 Å². The van der Waals surface area contributed by atoms with Crippen molar-refractivity contribution in [3.05, 3.63) is 43.0 Å². The Bertz CT molecular complexity index is 626. The Morgan fingerprint density at radius 3 is 2.58 bits per heavy atom. The SMILES string of the molecule is C=CC[C@@H]1O[C@H](C(CO)OC)[C@H](O)[C@H]1CS(=O)(=O)c1ccccc1. The molecule has 1 fully saturated rings. The minimum Gasteiger partial charge on any atom is -0.394 e. The normalized spacial score (nSPS) is 28.6. The number of ether oxygens (including phenoxy) is 2. The summed E-state index contributed by atoms with van der Waals surface area (Å²) in [5.41, 5.74) is 0. The van der Waals surface area contributed by atoms with Gasteiger partial charge in [-0.05, 0) is 18.6 Å². The summed E-state index contributed by atoms with van der Waals surface area (Å²) in [6.45, 7) is 3.33. The molecule has 1 unspecified atom stereocenters. The van der Waals surface area contributed by atoms with Crippen molar-refractivity contribution in [2.75, 3.05) is 19.5 Å². The zero-order chi connectivity index (χ0) is 17.7. The first-order chi connectivity index (χ1) is 11.4. The van der Waals surface area contributed by atoms with E-state index >= 15 is 0 Å². The average molecular weight is 356 g/mol. The molecule has 0 radical (unpaired) electrons. The van der Waals surface area contributed by atoms with Crippen molar-refractivity contribution in [1.82, 2.24) is 0 Å². The van der Waals surface area contributed by atoms with Gasteiger partial charge < -0.3 is 19.7 Å². The number of methoxy groups -OCH3 is 1. The lowest BCUT2D eigenvalue weighted by atomic mass is 9.94. The summed E-state index contributed by atoms with van der Waals surface area (Å²) < 4.78 is 36.2. The Kier molecular flexibility index (Phi) is 6.54. The van der Waals surface area contributed by atoms with Gasteiger partial charge in [0.05, 0.1) is 29.5 Å². The second-order valence-corrected chi connectivity index (χ2v) is 7.90. The highest BCUT2D eigenvalue weighted by Gasteiger charge is 2.48. The van der Waals surface area contributed by atoms with E-state index in [1.807, 2.05) is 0 Å². The first kappa shape index (κ1) is 19.1. The third-order valence-corrected chi connectivity index (χ3v) is 6.16. The van der Waals surface area contributed by atoms with Gasteiger partial charge in [0.25, 0.3) is 0 Å². The predicted octanol–water partition coefficient (Wildman–Crippen LogP) is 0.788. The molecule has 0 aliphatic carbocycles. The highest BCUT2D eigenvalue weighted by Crippen LogP contribution is 2.34. The molecule has 2 rings (SSSR count). The Morgan fingerprint density at radius 1 is 1.38 bits per heavy atom. The maximum absolute atomic E-state index is 12.6. The quantitative estimate of drug-likeness (QED) is 0.669. The second kappa shape index (κ2) is 8.22. The van der Waals surface area contributed by atoms with Crippen LogP contribution in [0.15, 0.2) is 47.9 Å². The highest BCUT2D eigenvalue weighted by atomic mass is 32.2. The molecule has 1 heterocycles. The molecule has 1 aromatic carbocycles. The molecule has 0 bridgehead atoms. The molecule has 0 aromatic heterocycles. The smallest absolute Gasteiger partial charge is 0.178 e. The topological polar surface area (TPSA) is 93.1 Å². The van der Waals surface area contributed by atoms with Gasteiger partial charge in [0, 0.05) is 13.0 Å². The van der Waals surface area contributed by atoms with Crippen LogP contribution >= 0.6 is 0 Å². The molecule has 1 saturated heterocycles. The van der Waals surface area contributed by atoms with Crippen LogP contribution in [0, 0.1) is 5.92 Å². The van der Waals surface area contributed by atoms with Crippen LogP contribution in [0.1, 0.15) is 6.42 Å². The number of hydrogen-bond donors (Lipinski definition) is 2. The highest BCUT2D eigenvalue weighted by molar-refractivity contribution is 7.91. The van der Waals surface area contributed by atoms with Crippen LogP contribution in [0.2, 0.25) is 0 Å². The average Bonchev–Trinajstić information content (AvgIpc) is 2.87. The number of benzene rings is 1. The molecule has 6 nitrogen and oxygen atoms in total. The van der Waals surface area contributed by atoms with E-state index in [-0.39, 0.29) is 17.3 Å². The van der Waals surface area contributed by atoms with Crippen LogP contribution in [0.3, 0.4) is 0 Å². The van der Waals surface area contributed by atoms with E-state index in [0.29, 0.717) is 6.42 Å². The Morgan fingerprint density at radius 2 is 2.04 bits per heavy atom. The van der Waals surface area contributed by atoms with Crippen LogP contribution in [0.5, 0.6) is 0 Å². The lowest BCUT2D eigenvalue weighted by Crippen LogP contribution is -2.41. The molecule has 5 atom stereocenters. The lowest BCUT2D eigenvalue weighted by Gasteiger charge is -2.23. The van der Waals surface area contributed by atoms with Gasteiger partial charge in [0.15, 0.2) is 9.84 Å². The number of aliphatic hydroxyl groups excluding tert-OH is 2. The number of hydrogen-bond acceptors (Lipinski definition) is 6. The third-order valence-electron chi connectivity index (χ3n) is 4.35. The van der Waals surface area contributed by atoms with E-state index < -0.39 is 40.2 Å². The van der Waals surface area contributed by atoms with Gasteiger partial charge in [-0.2, -0.15) is 0 Å². The van der Waals surface area contributed by atoms with Crippen molar-refractivity contribution < 1.29 is 28.1 Å². The molecule has 1 aliphatic rings. The maximum atomic E-state index is 12.6. The Labute approximate surface area is 142 Å². The fourth-order valence-corrected chi connectivity index (χ4v) is 4.73. The van der Waals surface area contributed by atoms with Crippen LogP contribution in [0.25, 0.3) is 0 Å². The Hall–Kier alpha value is -1.25. The van der Waals surface area contributed by atoms with Crippen LogP contribution in [-0.2, 0) is 19.3 Å². The first-order valence-corrected chi connectivity index (χ1v) is 9.45.